The van der Waals surface area contributed by atoms with Crippen LogP contribution in [0, 0.1) is 0 Å². The van der Waals surface area contributed by atoms with Gasteiger partial charge in [0.15, 0.2) is 5.65 Å². The molecule has 0 fully saturated rings. The van der Waals surface area contributed by atoms with Crippen LogP contribution in [-0.2, 0) is 6.54 Å². The molecular weight excluding hydrogens is 342 g/mol. The average Bonchev–Trinajstić information content (AvgIpc) is 3.12. The van der Waals surface area contributed by atoms with E-state index in [4.69, 9.17) is 4.74 Å². The summed E-state index contributed by atoms with van der Waals surface area (Å²) in [5.74, 6) is 0.867. The molecule has 0 aliphatic carbocycles. The Bertz CT molecular complexity index is 1070. The van der Waals surface area contributed by atoms with Crippen molar-refractivity contribution < 1.29 is 9.53 Å². The summed E-state index contributed by atoms with van der Waals surface area (Å²) in [5, 5.41) is 7.99. The number of carbonyl (C=O) groups is 1. The van der Waals surface area contributed by atoms with Crippen LogP contribution < -0.4 is 10.1 Å². The summed E-state index contributed by atoms with van der Waals surface area (Å²) in [6.45, 7) is 0.614. The summed E-state index contributed by atoms with van der Waals surface area (Å²) < 4.78 is 6.90. The van der Waals surface area contributed by atoms with Gasteiger partial charge in [-0.3, -0.25) is 9.48 Å². The van der Waals surface area contributed by atoms with Crippen LogP contribution in [0.15, 0.2) is 67.1 Å². The van der Waals surface area contributed by atoms with E-state index in [0.29, 0.717) is 34.7 Å². The van der Waals surface area contributed by atoms with Crippen molar-refractivity contribution in [2.24, 2.45) is 0 Å². The third kappa shape index (κ3) is 3.62. The van der Waals surface area contributed by atoms with Crippen LogP contribution in [-0.4, -0.2) is 32.8 Å². The van der Waals surface area contributed by atoms with E-state index >= 15 is 0 Å². The Morgan fingerprint density at radius 1 is 1.07 bits per heavy atom. The van der Waals surface area contributed by atoms with E-state index in [1.165, 1.54) is 6.33 Å². The molecule has 0 aliphatic rings. The van der Waals surface area contributed by atoms with Crippen molar-refractivity contribution >= 4 is 22.8 Å². The number of hydrogen-bond acceptors (Lipinski definition) is 5. The van der Waals surface area contributed by atoms with E-state index in [2.05, 4.69) is 20.4 Å². The van der Waals surface area contributed by atoms with Gasteiger partial charge in [0, 0.05) is 11.8 Å². The summed E-state index contributed by atoms with van der Waals surface area (Å²) >= 11 is 0. The number of nitrogens with zero attached hydrogens (tertiary/aromatic N) is 4. The van der Waals surface area contributed by atoms with Gasteiger partial charge in [-0.25, -0.2) is 9.97 Å². The highest BCUT2D eigenvalue weighted by Gasteiger charge is 2.13. The van der Waals surface area contributed by atoms with Gasteiger partial charge >= 0.3 is 0 Å². The lowest BCUT2D eigenvalue weighted by Gasteiger charge is -2.05. The standard InChI is InChI=1S/C20H17N5O2/c1-27-16-9-7-15(8-10-16)20(26)23-18-17-12-25(24-19(17)22-13-21-18)11-14-5-3-2-4-6-14/h2-10,12-13H,11H2,1H3,(H,21,22,23,24,26). The molecule has 7 heteroatoms. The molecule has 2 heterocycles. The zero-order chi connectivity index (χ0) is 18.6. The van der Waals surface area contributed by atoms with Crippen molar-refractivity contribution in [3.8, 4) is 5.75 Å². The molecule has 0 bridgehead atoms. The summed E-state index contributed by atoms with van der Waals surface area (Å²) in [5.41, 5.74) is 2.17. The zero-order valence-corrected chi connectivity index (χ0v) is 14.7. The maximum absolute atomic E-state index is 12.5. The number of nitrogens with one attached hydrogen (secondary N) is 1. The van der Waals surface area contributed by atoms with Crippen molar-refractivity contribution in [3.05, 3.63) is 78.2 Å². The maximum atomic E-state index is 12.5. The fourth-order valence-corrected chi connectivity index (χ4v) is 2.76. The van der Waals surface area contributed by atoms with Crippen molar-refractivity contribution in [1.82, 2.24) is 19.7 Å². The second-order valence-electron chi connectivity index (χ2n) is 5.95. The highest BCUT2D eigenvalue weighted by atomic mass is 16.5. The number of benzene rings is 2. The van der Waals surface area contributed by atoms with Gasteiger partial charge in [-0.15, -0.1) is 0 Å². The summed E-state index contributed by atoms with van der Waals surface area (Å²) in [7, 11) is 1.58. The molecule has 0 aliphatic heterocycles. The predicted molar refractivity (Wildman–Crippen MR) is 102 cm³/mol. The molecule has 2 aromatic carbocycles. The summed E-state index contributed by atoms with van der Waals surface area (Å²) in [4.78, 5) is 20.9. The van der Waals surface area contributed by atoms with Crippen molar-refractivity contribution in [1.29, 1.82) is 0 Å². The number of ether oxygens (including phenoxy) is 1. The highest BCUT2D eigenvalue weighted by molar-refractivity contribution is 6.07. The first kappa shape index (κ1) is 16.7. The molecule has 0 atom stereocenters. The lowest BCUT2D eigenvalue weighted by Crippen LogP contribution is -2.13. The van der Waals surface area contributed by atoms with Crippen molar-refractivity contribution in [3.63, 3.8) is 0 Å². The Balaban J connectivity index is 1.58. The number of amides is 1. The van der Waals surface area contributed by atoms with Crippen LogP contribution >= 0.6 is 0 Å². The number of fused-ring (bicyclic) bond motifs is 1. The van der Waals surface area contributed by atoms with E-state index in [0.717, 1.165) is 5.56 Å². The van der Waals surface area contributed by atoms with E-state index in [-0.39, 0.29) is 5.91 Å². The van der Waals surface area contributed by atoms with Crippen LogP contribution in [0.25, 0.3) is 11.0 Å². The van der Waals surface area contributed by atoms with Gasteiger partial charge in [0.05, 0.1) is 19.0 Å². The fraction of sp³-hybridized carbons (Fsp3) is 0.100. The first-order valence-corrected chi connectivity index (χ1v) is 8.40. The third-order valence-electron chi connectivity index (χ3n) is 4.14. The van der Waals surface area contributed by atoms with Crippen LogP contribution in [0.5, 0.6) is 5.75 Å². The molecule has 0 saturated heterocycles. The molecule has 0 radical (unpaired) electrons. The first-order chi connectivity index (χ1) is 13.2. The van der Waals surface area contributed by atoms with Gasteiger partial charge in [-0.2, -0.15) is 5.10 Å². The molecule has 0 saturated carbocycles. The first-order valence-electron chi connectivity index (χ1n) is 8.40. The SMILES string of the molecule is COc1ccc(C(=O)Nc2ncnc3nn(Cc4ccccc4)cc23)cc1. The second-order valence-corrected chi connectivity index (χ2v) is 5.95. The van der Waals surface area contributed by atoms with Gasteiger partial charge in [-0.05, 0) is 29.8 Å². The minimum Gasteiger partial charge on any atom is -0.497 e. The quantitative estimate of drug-likeness (QED) is 0.592. The third-order valence-corrected chi connectivity index (χ3v) is 4.14. The van der Waals surface area contributed by atoms with Crippen molar-refractivity contribution in [2.45, 2.75) is 6.54 Å². The zero-order valence-electron chi connectivity index (χ0n) is 14.7. The van der Waals surface area contributed by atoms with E-state index in [9.17, 15) is 4.79 Å². The molecule has 0 unspecified atom stereocenters. The van der Waals surface area contributed by atoms with Crippen LogP contribution in [0.1, 0.15) is 15.9 Å². The minimum absolute atomic E-state index is 0.256. The molecule has 1 amide bonds. The van der Waals surface area contributed by atoms with E-state index < -0.39 is 0 Å². The lowest BCUT2D eigenvalue weighted by molar-refractivity contribution is 0.102. The van der Waals surface area contributed by atoms with Crippen LogP contribution in [0.4, 0.5) is 5.82 Å². The van der Waals surface area contributed by atoms with Crippen LogP contribution in [0.2, 0.25) is 0 Å². The highest BCUT2D eigenvalue weighted by Crippen LogP contribution is 2.20. The van der Waals surface area contributed by atoms with Gasteiger partial charge < -0.3 is 10.1 Å². The number of anilines is 1. The molecule has 7 nitrogen and oxygen atoms in total. The summed E-state index contributed by atoms with van der Waals surface area (Å²) in [6.07, 6.45) is 3.23. The van der Waals surface area contributed by atoms with Crippen LogP contribution in [0.3, 0.4) is 0 Å². The molecule has 4 rings (SSSR count). The molecule has 0 spiro atoms. The Morgan fingerprint density at radius 2 is 1.85 bits per heavy atom. The molecule has 2 aromatic heterocycles. The number of methoxy groups -OCH3 is 1. The predicted octanol–water partition coefficient (Wildman–Crippen LogP) is 3.14. The van der Waals surface area contributed by atoms with Gasteiger partial charge in [-0.1, -0.05) is 30.3 Å². The Labute approximate surface area is 155 Å². The van der Waals surface area contributed by atoms with Gasteiger partial charge in [0.1, 0.15) is 17.9 Å². The minimum atomic E-state index is -0.256. The number of rotatable bonds is 5. The Hall–Kier alpha value is -3.74. The number of aromatic nitrogens is 4. The molecular formula is C20H17N5O2. The molecule has 1 N–H and O–H groups in total. The van der Waals surface area contributed by atoms with Gasteiger partial charge in [0.2, 0.25) is 0 Å². The Kier molecular flexibility index (Phi) is 4.49. The smallest absolute Gasteiger partial charge is 0.256 e. The maximum Gasteiger partial charge on any atom is 0.256 e. The summed E-state index contributed by atoms with van der Waals surface area (Å²) in [6, 6.07) is 16.9. The molecule has 27 heavy (non-hydrogen) atoms. The number of carbonyl (C=O) groups excluding carboxylic acids is 1. The largest absolute Gasteiger partial charge is 0.497 e. The lowest BCUT2D eigenvalue weighted by atomic mass is 10.2. The molecule has 4 aromatic rings. The number of hydrogen-bond donors (Lipinski definition) is 1. The van der Waals surface area contributed by atoms with E-state index in [1.807, 2.05) is 36.5 Å². The average molecular weight is 359 g/mol. The second kappa shape index (κ2) is 7.25. The monoisotopic (exact) mass is 359 g/mol. The fourth-order valence-electron chi connectivity index (χ4n) is 2.76. The van der Waals surface area contributed by atoms with Gasteiger partial charge in [0.25, 0.3) is 5.91 Å². The topological polar surface area (TPSA) is 81.9 Å². The Morgan fingerprint density at radius 3 is 2.59 bits per heavy atom. The molecule has 134 valence electrons. The van der Waals surface area contributed by atoms with Crippen molar-refractivity contribution in [2.75, 3.05) is 12.4 Å². The van der Waals surface area contributed by atoms with E-state index in [1.54, 1.807) is 36.1 Å². The normalized spacial score (nSPS) is 10.7.